The van der Waals surface area contributed by atoms with Crippen molar-refractivity contribution in [3.8, 4) is 5.75 Å². The SMILES string of the molecule is Cc1ccc(S(=O)(=O)N2CCN(S(=O)(=O)C3=Cc4ccc(OC(F)F)cc4CC3)CC2)cc1. The van der Waals surface area contributed by atoms with Gasteiger partial charge in [0, 0.05) is 26.2 Å². The molecule has 2 aromatic rings. The van der Waals surface area contributed by atoms with Crippen LogP contribution in [0, 0.1) is 6.92 Å². The number of aryl methyl sites for hydroxylation is 2. The maximum Gasteiger partial charge on any atom is 0.387 e. The minimum atomic E-state index is -3.77. The van der Waals surface area contributed by atoms with Crippen LogP contribution in [-0.4, -0.2) is 58.2 Å². The first-order valence-electron chi connectivity index (χ1n) is 10.4. The van der Waals surface area contributed by atoms with Crippen LogP contribution in [0.1, 0.15) is 23.1 Å². The number of alkyl halides is 2. The van der Waals surface area contributed by atoms with Gasteiger partial charge in [-0.3, -0.25) is 0 Å². The first-order chi connectivity index (χ1) is 15.6. The van der Waals surface area contributed by atoms with Gasteiger partial charge in [0.15, 0.2) is 0 Å². The van der Waals surface area contributed by atoms with E-state index in [1.165, 1.54) is 20.7 Å². The van der Waals surface area contributed by atoms with Crippen LogP contribution in [0.15, 0.2) is 52.3 Å². The highest BCUT2D eigenvalue weighted by Crippen LogP contribution is 2.32. The molecule has 2 aromatic carbocycles. The van der Waals surface area contributed by atoms with Gasteiger partial charge in [0.2, 0.25) is 20.0 Å². The van der Waals surface area contributed by atoms with Crippen LogP contribution in [0.2, 0.25) is 0 Å². The van der Waals surface area contributed by atoms with Gasteiger partial charge in [-0.2, -0.15) is 17.4 Å². The molecule has 1 aliphatic heterocycles. The van der Waals surface area contributed by atoms with Crippen LogP contribution in [0.3, 0.4) is 0 Å². The summed E-state index contributed by atoms with van der Waals surface area (Å²) in [7, 11) is -7.47. The number of fused-ring (bicyclic) bond motifs is 1. The van der Waals surface area contributed by atoms with E-state index in [2.05, 4.69) is 4.74 Å². The van der Waals surface area contributed by atoms with Crippen molar-refractivity contribution in [3.05, 3.63) is 64.1 Å². The average molecular weight is 499 g/mol. The highest BCUT2D eigenvalue weighted by molar-refractivity contribution is 7.93. The molecule has 0 unspecified atom stereocenters. The van der Waals surface area contributed by atoms with Crippen molar-refractivity contribution in [2.45, 2.75) is 31.3 Å². The lowest BCUT2D eigenvalue weighted by Crippen LogP contribution is -2.50. The molecule has 1 fully saturated rings. The number of hydrogen-bond acceptors (Lipinski definition) is 5. The van der Waals surface area contributed by atoms with E-state index < -0.39 is 26.7 Å². The second-order valence-electron chi connectivity index (χ2n) is 7.97. The summed E-state index contributed by atoms with van der Waals surface area (Å²) in [4.78, 5) is 0.415. The highest BCUT2D eigenvalue weighted by atomic mass is 32.2. The number of ether oxygens (including phenoxy) is 1. The summed E-state index contributed by atoms with van der Waals surface area (Å²) in [6.07, 6.45) is 2.16. The summed E-state index contributed by atoms with van der Waals surface area (Å²) in [6.45, 7) is -0.820. The van der Waals surface area contributed by atoms with E-state index in [1.807, 2.05) is 6.92 Å². The number of nitrogens with zero attached hydrogens (tertiary/aromatic N) is 2. The van der Waals surface area contributed by atoms with E-state index in [0.717, 1.165) is 11.1 Å². The van der Waals surface area contributed by atoms with Crippen molar-refractivity contribution in [3.63, 3.8) is 0 Å². The molecule has 178 valence electrons. The predicted molar refractivity (Wildman–Crippen MR) is 120 cm³/mol. The van der Waals surface area contributed by atoms with Gasteiger partial charge in [-0.25, -0.2) is 16.8 Å². The van der Waals surface area contributed by atoms with Gasteiger partial charge in [-0.15, -0.1) is 0 Å². The quantitative estimate of drug-likeness (QED) is 0.611. The normalized spacial score (nSPS) is 18.1. The number of rotatable bonds is 6. The van der Waals surface area contributed by atoms with E-state index in [0.29, 0.717) is 12.0 Å². The predicted octanol–water partition coefficient (Wildman–Crippen LogP) is 3.22. The number of hydrogen-bond donors (Lipinski definition) is 0. The summed E-state index contributed by atoms with van der Waals surface area (Å²) >= 11 is 0. The fourth-order valence-electron chi connectivity index (χ4n) is 4.00. The Kier molecular flexibility index (Phi) is 6.59. The van der Waals surface area contributed by atoms with Gasteiger partial charge in [-0.1, -0.05) is 23.8 Å². The third kappa shape index (κ3) is 4.96. The monoisotopic (exact) mass is 498 g/mol. The van der Waals surface area contributed by atoms with Gasteiger partial charge >= 0.3 is 6.61 Å². The molecule has 0 amide bonds. The Hall–Kier alpha value is -2.34. The molecule has 11 heteroatoms. The molecule has 0 spiro atoms. The van der Waals surface area contributed by atoms with Crippen LogP contribution >= 0.6 is 0 Å². The van der Waals surface area contributed by atoms with Gasteiger partial charge < -0.3 is 4.74 Å². The molecule has 7 nitrogen and oxygen atoms in total. The number of allylic oxidation sites excluding steroid dienone is 1. The van der Waals surface area contributed by atoms with Gasteiger partial charge in [0.1, 0.15) is 5.75 Å². The van der Waals surface area contributed by atoms with Gasteiger partial charge in [0.25, 0.3) is 0 Å². The van der Waals surface area contributed by atoms with Crippen molar-refractivity contribution in [1.29, 1.82) is 0 Å². The van der Waals surface area contributed by atoms with E-state index in [9.17, 15) is 25.6 Å². The van der Waals surface area contributed by atoms with E-state index >= 15 is 0 Å². The standard InChI is InChI=1S/C22H24F2N2O5S2/c1-16-2-7-20(8-3-16)32(27,28)25-10-12-26(13-11-25)33(29,30)21-9-5-17-14-19(31-22(23)24)6-4-18(17)15-21/h2-4,6-8,14-15,22H,5,9-13H2,1H3. The number of halogens is 2. The summed E-state index contributed by atoms with van der Waals surface area (Å²) in [5.41, 5.74) is 2.33. The first-order valence-corrected chi connectivity index (χ1v) is 13.3. The molecule has 0 atom stereocenters. The Labute approximate surface area is 192 Å². The summed E-state index contributed by atoms with van der Waals surface area (Å²) in [5.74, 6) is 0.0364. The smallest absolute Gasteiger partial charge is 0.387 e. The summed E-state index contributed by atoms with van der Waals surface area (Å²) < 4.78 is 84.0. The second-order valence-corrected chi connectivity index (χ2v) is 11.9. The zero-order valence-corrected chi connectivity index (χ0v) is 19.6. The maximum absolute atomic E-state index is 13.2. The molecule has 0 bridgehead atoms. The fraction of sp³-hybridized carbons (Fsp3) is 0.364. The lowest BCUT2D eigenvalue weighted by molar-refractivity contribution is -0.0498. The molecule has 1 aliphatic carbocycles. The molecule has 33 heavy (non-hydrogen) atoms. The molecule has 2 aliphatic rings. The third-order valence-corrected chi connectivity index (χ3v) is 9.77. The zero-order valence-electron chi connectivity index (χ0n) is 17.9. The molecular formula is C22H24F2N2O5S2. The molecule has 0 N–H and O–H groups in total. The van der Waals surface area contributed by atoms with Crippen molar-refractivity contribution in [2.24, 2.45) is 0 Å². The molecule has 0 aromatic heterocycles. The Morgan fingerprint density at radius 1 is 0.848 bits per heavy atom. The molecule has 0 saturated carbocycles. The molecule has 0 radical (unpaired) electrons. The average Bonchev–Trinajstić information content (AvgIpc) is 2.78. The van der Waals surface area contributed by atoms with Crippen molar-refractivity contribution >= 4 is 26.1 Å². The third-order valence-electron chi connectivity index (χ3n) is 5.82. The van der Waals surface area contributed by atoms with Crippen LogP contribution in [0.25, 0.3) is 6.08 Å². The zero-order chi connectivity index (χ0) is 23.8. The minimum absolute atomic E-state index is 0.0364. The van der Waals surface area contributed by atoms with Crippen molar-refractivity contribution < 1.29 is 30.4 Å². The van der Waals surface area contributed by atoms with Gasteiger partial charge in [-0.05, 0) is 61.2 Å². The lowest BCUT2D eigenvalue weighted by Gasteiger charge is -2.34. The summed E-state index contributed by atoms with van der Waals surface area (Å²) in [6, 6.07) is 11.0. The van der Waals surface area contributed by atoms with Crippen LogP contribution < -0.4 is 4.74 Å². The molecule has 1 saturated heterocycles. The lowest BCUT2D eigenvalue weighted by atomic mass is 9.97. The van der Waals surface area contributed by atoms with Crippen LogP contribution in [0.5, 0.6) is 5.75 Å². The Morgan fingerprint density at radius 3 is 2.06 bits per heavy atom. The maximum atomic E-state index is 13.2. The fourth-order valence-corrected chi connectivity index (χ4v) is 7.03. The number of benzene rings is 2. The minimum Gasteiger partial charge on any atom is -0.435 e. The van der Waals surface area contributed by atoms with E-state index in [-0.39, 0.29) is 48.1 Å². The second kappa shape index (κ2) is 9.13. The number of sulfonamides is 2. The van der Waals surface area contributed by atoms with Crippen LogP contribution in [-0.2, 0) is 26.5 Å². The molecule has 4 rings (SSSR count). The van der Waals surface area contributed by atoms with E-state index in [4.69, 9.17) is 0 Å². The van der Waals surface area contributed by atoms with Gasteiger partial charge in [0.05, 0.1) is 9.80 Å². The van der Waals surface area contributed by atoms with Crippen LogP contribution in [0.4, 0.5) is 8.78 Å². The highest BCUT2D eigenvalue weighted by Gasteiger charge is 2.35. The molecular weight excluding hydrogens is 474 g/mol. The number of piperazine rings is 1. The largest absolute Gasteiger partial charge is 0.435 e. The van der Waals surface area contributed by atoms with E-state index in [1.54, 1.807) is 36.4 Å². The topological polar surface area (TPSA) is 84.0 Å². The molecule has 1 heterocycles. The Balaban J connectivity index is 1.47. The van der Waals surface area contributed by atoms with Crippen molar-refractivity contribution in [2.75, 3.05) is 26.2 Å². The summed E-state index contributed by atoms with van der Waals surface area (Å²) in [5, 5.41) is 0. The Bertz CT molecular complexity index is 1270. The first kappa shape index (κ1) is 23.8. The Morgan fingerprint density at radius 2 is 1.45 bits per heavy atom. The van der Waals surface area contributed by atoms with Crippen molar-refractivity contribution in [1.82, 2.24) is 8.61 Å².